The maximum Gasteiger partial charge on any atom is 0.336 e. The predicted molar refractivity (Wildman–Crippen MR) is 79.2 cm³/mol. The molecule has 1 aromatic heterocycles. The van der Waals surface area contributed by atoms with Crippen LogP contribution in [0.5, 0.6) is 0 Å². The molecule has 1 atom stereocenters. The highest BCUT2D eigenvalue weighted by Crippen LogP contribution is 2.44. The highest BCUT2D eigenvalue weighted by Gasteiger charge is 2.54. The fourth-order valence-corrected chi connectivity index (χ4v) is 2.64. The first-order chi connectivity index (χ1) is 9.85. The van der Waals surface area contributed by atoms with Crippen LogP contribution in [0.15, 0.2) is 60.2 Å². The maximum atomic E-state index is 14.4. The first-order valence-corrected chi connectivity index (χ1v) is 7.24. The molecule has 5 heteroatoms. The zero-order valence-electron chi connectivity index (χ0n) is 11.6. The van der Waals surface area contributed by atoms with Crippen molar-refractivity contribution in [1.82, 2.24) is 0 Å². The van der Waals surface area contributed by atoms with Gasteiger partial charge >= 0.3 is 5.92 Å². The van der Waals surface area contributed by atoms with Crippen LogP contribution in [-0.4, -0.2) is 11.0 Å². The van der Waals surface area contributed by atoms with Gasteiger partial charge in [-0.2, -0.15) is 8.78 Å². The van der Waals surface area contributed by atoms with Gasteiger partial charge in [-0.3, -0.25) is 0 Å². The number of thiophene rings is 1. The second-order valence-corrected chi connectivity index (χ2v) is 5.77. The first kappa shape index (κ1) is 15.7. The topological polar surface area (TPSA) is 29.5 Å². The molecule has 21 heavy (non-hydrogen) atoms. The molecule has 112 valence electrons. The third kappa shape index (κ3) is 3.14. The van der Waals surface area contributed by atoms with Crippen LogP contribution < -0.4 is 0 Å². The summed E-state index contributed by atoms with van der Waals surface area (Å²) in [5.41, 5.74) is -1.60. The van der Waals surface area contributed by atoms with E-state index >= 15 is 0 Å². The number of hydrogen-bond donors (Lipinski definition) is 1. The normalized spacial score (nSPS) is 14.5. The van der Waals surface area contributed by atoms with Crippen LogP contribution in [-0.2, 0) is 16.9 Å². The van der Waals surface area contributed by atoms with Gasteiger partial charge in [0.05, 0.1) is 0 Å². The Morgan fingerprint density at radius 3 is 2.48 bits per heavy atom. The van der Waals surface area contributed by atoms with Crippen LogP contribution in [0, 0.1) is 0 Å². The molecule has 0 amide bonds. The smallest absolute Gasteiger partial charge is 0.336 e. The van der Waals surface area contributed by atoms with Gasteiger partial charge in [-0.15, -0.1) is 11.3 Å². The molecule has 2 aromatic rings. The lowest BCUT2D eigenvalue weighted by atomic mass is 9.95. The van der Waals surface area contributed by atoms with Gasteiger partial charge in [-0.25, -0.2) is 0 Å². The second-order valence-electron chi connectivity index (χ2n) is 4.82. The summed E-state index contributed by atoms with van der Waals surface area (Å²) in [7, 11) is 0. The number of ether oxygens (including phenoxy) is 1. The lowest BCUT2D eigenvalue weighted by Crippen LogP contribution is -2.44. The SMILES string of the molecule is C=C(OCc1ccccc1)C(F)(F)C(C)(O)c1cccs1. The molecule has 0 aliphatic heterocycles. The van der Waals surface area contributed by atoms with E-state index in [9.17, 15) is 13.9 Å². The minimum Gasteiger partial charge on any atom is -0.487 e. The van der Waals surface area contributed by atoms with Crippen molar-refractivity contribution in [2.75, 3.05) is 0 Å². The largest absolute Gasteiger partial charge is 0.487 e. The first-order valence-electron chi connectivity index (χ1n) is 6.36. The molecule has 0 spiro atoms. The summed E-state index contributed by atoms with van der Waals surface area (Å²) in [6.45, 7) is 4.34. The summed E-state index contributed by atoms with van der Waals surface area (Å²) in [5, 5.41) is 11.8. The molecule has 0 aliphatic rings. The van der Waals surface area contributed by atoms with Gasteiger partial charge in [0.1, 0.15) is 6.61 Å². The Kier molecular flexibility index (Phi) is 4.44. The fourth-order valence-electron chi connectivity index (χ4n) is 1.82. The lowest BCUT2D eigenvalue weighted by Gasteiger charge is -2.32. The minimum absolute atomic E-state index is 0.0181. The molecule has 0 fully saturated rings. The van der Waals surface area contributed by atoms with Crippen molar-refractivity contribution >= 4 is 11.3 Å². The Morgan fingerprint density at radius 1 is 1.24 bits per heavy atom. The summed E-state index contributed by atoms with van der Waals surface area (Å²) in [4.78, 5) is 0.164. The fraction of sp³-hybridized carbons (Fsp3) is 0.250. The molecule has 1 N–H and O–H groups in total. The van der Waals surface area contributed by atoms with Crippen molar-refractivity contribution in [2.24, 2.45) is 0 Å². The summed E-state index contributed by atoms with van der Waals surface area (Å²) in [6.07, 6.45) is 0. The Labute approximate surface area is 126 Å². The Bertz CT molecular complexity index is 592. The molecule has 2 nitrogen and oxygen atoms in total. The van der Waals surface area contributed by atoms with Gasteiger partial charge in [-0.05, 0) is 23.9 Å². The van der Waals surface area contributed by atoms with E-state index in [4.69, 9.17) is 4.74 Å². The molecule has 0 radical (unpaired) electrons. The van der Waals surface area contributed by atoms with Crippen LogP contribution in [0.3, 0.4) is 0 Å². The van der Waals surface area contributed by atoms with E-state index in [0.717, 1.165) is 23.8 Å². The van der Waals surface area contributed by atoms with E-state index in [1.807, 2.05) is 6.07 Å². The highest BCUT2D eigenvalue weighted by molar-refractivity contribution is 7.10. The molecule has 0 saturated heterocycles. The molecule has 2 rings (SSSR count). The summed E-state index contributed by atoms with van der Waals surface area (Å²) >= 11 is 1.06. The molecule has 0 saturated carbocycles. The predicted octanol–water partition coefficient (Wildman–Crippen LogP) is 4.32. The van der Waals surface area contributed by atoms with Crippen molar-refractivity contribution in [2.45, 2.75) is 25.1 Å². The van der Waals surface area contributed by atoms with Crippen LogP contribution in [0.4, 0.5) is 8.78 Å². The lowest BCUT2D eigenvalue weighted by molar-refractivity contribution is -0.174. The Hall–Kier alpha value is -1.72. The van der Waals surface area contributed by atoms with Crippen LogP contribution in [0.1, 0.15) is 17.4 Å². The summed E-state index contributed by atoms with van der Waals surface area (Å²) in [5.74, 6) is -4.34. The number of alkyl halides is 2. The van der Waals surface area contributed by atoms with Gasteiger partial charge in [-0.1, -0.05) is 43.0 Å². The number of aliphatic hydroxyl groups is 1. The van der Waals surface area contributed by atoms with Crippen molar-refractivity contribution < 1.29 is 18.6 Å². The van der Waals surface area contributed by atoms with Crippen molar-refractivity contribution in [3.8, 4) is 0 Å². The van der Waals surface area contributed by atoms with Crippen molar-refractivity contribution in [3.63, 3.8) is 0 Å². The molecule has 0 bridgehead atoms. The molecule has 1 unspecified atom stereocenters. The van der Waals surface area contributed by atoms with Crippen LogP contribution in [0.25, 0.3) is 0 Å². The summed E-state index contributed by atoms with van der Waals surface area (Å²) in [6, 6.07) is 12.0. The molecular formula is C16H16F2O2S. The van der Waals surface area contributed by atoms with Crippen molar-refractivity contribution in [1.29, 1.82) is 0 Å². The van der Waals surface area contributed by atoms with E-state index < -0.39 is 17.3 Å². The standard InChI is InChI=1S/C16H16F2O2S/c1-12(20-11-13-7-4-3-5-8-13)16(17,18)15(2,19)14-9-6-10-21-14/h3-10,19H,1,11H2,2H3. The van der Waals surface area contributed by atoms with Gasteiger partial charge in [0, 0.05) is 4.88 Å². The average molecular weight is 310 g/mol. The van der Waals surface area contributed by atoms with Gasteiger partial charge in [0.15, 0.2) is 11.4 Å². The van der Waals surface area contributed by atoms with E-state index in [2.05, 4.69) is 6.58 Å². The molecule has 0 aliphatic carbocycles. The number of benzene rings is 1. The zero-order valence-corrected chi connectivity index (χ0v) is 12.4. The van der Waals surface area contributed by atoms with Crippen LogP contribution >= 0.6 is 11.3 Å². The Morgan fingerprint density at radius 2 is 1.90 bits per heavy atom. The van der Waals surface area contributed by atoms with Crippen LogP contribution in [0.2, 0.25) is 0 Å². The van der Waals surface area contributed by atoms with Gasteiger partial charge in [0.25, 0.3) is 0 Å². The van der Waals surface area contributed by atoms with E-state index in [-0.39, 0.29) is 11.5 Å². The third-order valence-electron chi connectivity index (χ3n) is 3.22. The minimum atomic E-state index is -3.59. The van der Waals surface area contributed by atoms with Crippen molar-refractivity contribution in [3.05, 3.63) is 70.6 Å². The van der Waals surface area contributed by atoms with E-state index in [0.29, 0.717) is 0 Å². The third-order valence-corrected chi connectivity index (χ3v) is 4.30. The monoisotopic (exact) mass is 310 g/mol. The number of halogens is 2. The molecule has 1 heterocycles. The van der Waals surface area contributed by atoms with Gasteiger partial charge in [0.2, 0.25) is 0 Å². The highest BCUT2D eigenvalue weighted by atomic mass is 32.1. The zero-order chi connectivity index (χ0) is 15.5. The van der Waals surface area contributed by atoms with E-state index in [1.54, 1.807) is 35.7 Å². The average Bonchev–Trinajstić information content (AvgIpc) is 3.00. The van der Waals surface area contributed by atoms with Gasteiger partial charge < -0.3 is 9.84 Å². The second kappa shape index (κ2) is 5.95. The molecule has 1 aromatic carbocycles. The molecular weight excluding hydrogens is 294 g/mol. The van der Waals surface area contributed by atoms with E-state index in [1.165, 1.54) is 6.07 Å². The Balaban J connectivity index is 2.10. The summed E-state index contributed by atoms with van der Waals surface area (Å²) < 4.78 is 33.9. The maximum absolute atomic E-state index is 14.4. The number of hydrogen-bond acceptors (Lipinski definition) is 3. The quantitative estimate of drug-likeness (QED) is 0.805. The number of rotatable bonds is 6.